The van der Waals surface area contributed by atoms with Crippen LogP contribution in [0.3, 0.4) is 0 Å². The number of phenolic OH excluding ortho intramolecular Hbond substituents is 2. The lowest BCUT2D eigenvalue weighted by atomic mass is 10.0. The highest BCUT2D eigenvalue weighted by molar-refractivity contribution is 7.80. The minimum absolute atomic E-state index is 0.0213. The molecule has 5 N–H and O–H groups in total. The van der Waals surface area contributed by atoms with Crippen molar-refractivity contribution in [2.24, 2.45) is 11.7 Å². The van der Waals surface area contributed by atoms with E-state index in [1.807, 2.05) is 0 Å². The fourth-order valence-electron chi connectivity index (χ4n) is 2.47. The molecule has 1 aromatic rings. The van der Waals surface area contributed by atoms with Gasteiger partial charge in [-0.1, -0.05) is 24.7 Å². The number of rotatable bonds is 3. The topological polar surface area (TPSA) is 95.6 Å². The van der Waals surface area contributed by atoms with Crippen LogP contribution in [0.15, 0.2) is 18.2 Å². The number of nitrogens with two attached hydrogens (primary N) is 1. The smallest absolute Gasteiger partial charge is 0.259 e. The van der Waals surface area contributed by atoms with Crippen LogP contribution in [0.25, 0.3) is 0 Å². The van der Waals surface area contributed by atoms with E-state index in [4.69, 9.17) is 18.0 Å². The Labute approximate surface area is 116 Å². The molecule has 0 bridgehead atoms. The molecule has 1 amide bonds. The predicted octanol–water partition coefficient (Wildman–Crippen LogP) is 1.28. The monoisotopic (exact) mass is 280 g/mol. The molecular formula is C13H16N2O3S. The average molecular weight is 280 g/mol. The molecule has 2 rings (SSSR count). The first-order valence-corrected chi connectivity index (χ1v) is 6.52. The number of phenols is 2. The summed E-state index contributed by atoms with van der Waals surface area (Å²) in [5.74, 6) is -1.03. The highest BCUT2D eigenvalue weighted by Gasteiger charge is 2.31. The van der Waals surface area contributed by atoms with Gasteiger partial charge >= 0.3 is 0 Å². The van der Waals surface area contributed by atoms with E-state index < -0.39 is 5.91 Å². The molecule has 1 saturated carbocycles. The van der Waals surface area contributed by atoms with Crippen molar-refractivity contribution in [1.29, 1.82) is 0 Å². The maximum atomic E-state index is 12.1. The van der Waals surface area contributed by atoms with Gasteiger partial charge in [0.25, 0.3) is 5.91 Å². The fraction of sp³-hybridized carbons (Fsp3) is 0.385. The van der Waals surface area contributed by atoms with Crippen molar-refractivity contribution in [3.05, 3.63) is 23.8 Å². The normalized spacial score (nSPS) is 22.1. The van der Waals surface area contributed by atoms with Crippen LogP contribution in [-0.4, -0.2) is 27.2 Å². The molecule has 2 unspecified atom stereocenters. The molecule has 1 aromatic carbocycles. The fourth-order valence-corrected chi connectivity index (χ4v) is 2.76. The summed E-state index contributed by atoms with van der Waals surface area (Å²) in [5, 5.41) is 22.1. The Balaban J connectivity index is 2.15. The molecular weight excluding hydrogens is 264 g/mol. The molecule has 2 atom stereocenters. The number of nitrogens with one attached hydrogen (secondary N) is 1. The molecule has 19 heavy (non-hydrogen) atoms. The average Bonchev–Trinajstić information content (AvgIpc) is 2.76. The summed E-state index contributed by atoms with van der Waals surface area (Å²) < 4.78 is 0. The van der Waals surface area contributed by atoms with Crippen LogP contribution >= 0.6 is 12.2 Å². The number of carbonyl (C=O) groups is 1. The third-order valence-electron chi connectivity index (χ3n) is 3.45. The quantitative estimate of drug-likeness (QED) is 0.626. The molecule has 0 spiro atoms. The number of aromatic hydroxyl groups is 2. The van der Waals surface area contributed by atoms with Gasteiger partial charge in [0, 0.05) is 12.0 Å². The third-order valence-corrected chi connectivity index (χ3v) is 3.75. The number of thiocarbonyl (C=S) groups is 1. The van der Waals surface area contributed by atoms with Crippen LogP contribution in [0.5, 0.6) is 11.5 Å². The Bertz CT molecular complexity index is 498. The van der Waals surface area contributed by atoms with E-state index >= 15 is 0 Å². The SMILES string of the molecule is NC(=S)C1CCCC1NC(=O)c1c(O)cccc1O. The van der Waals surface area contributed by atoms with Crippen LogP contribution in [0.1, 0.15) is 29.6 Å². The van der Waals surface area contributed by atoms with E-state index in [1.165, 1.54) is 18.2 Å². The summed E-state index contributed by atoms with van der Waals surface area (Å²) in [4.78, 5) is 12.5. The molecule has 1 aliphatic rings. The van der Waals surface area contributed by atoms with Crippen LogP contribution in [0.2, 0.25) is 0 Å². The molecule has 0 heterocycles. The molecule has 102 valence electrons. The Hall–Kier alpha value is -1.82. The van der Waals surface area contributed by atoms with Gasteiger partial charge < -0.3 is 21.3 Å². The van der Waals surface area contributed by atoms with Gasteiger partial charge in [0.05, 0.1) is 4.99 Å². The van der Waals surface area contributed by atoms with Crippen molar-refractivity contribution in [3.63, 3.8) is 0 Å². The predicted molar refractivity (Wildman–Crippen MR) is 75.2 cm³/mol. The van der Waals surface area contributed by atoms with E-state index in [0.29, 0.717) is 4.99 Å². The van der Waals surface area contributed by atoms with E-state index in [0.717, 1.165) is 19.3 Å². The van der Waals surface area contributed by atoms with Crippen LogP contribution in [-0.2, 0) is 0 Å². The zero-order valence-corrected chi connectivity index (χ0v) is 11.1. The maximum absolute atomic E-state index is 12.1. The second kappa shape index (κ2) is 5.44. The summed E-state index contributed by atoms with van der Waals surface area (Å²) in [6.45, 7) is 0. The van der Waals surface area contributed by atoms with Crippen molar-refractivity contribution in [3.8, 4) is 11.5 Å². The van der Waals surface area contributed by atoms with Gasteiger partial charge in [0.1, 0.15) is 17.1 Å². The molecule has 0 radical (unpaired) electrons. The van der Waals surface area contributed by atoms with Crippen molar-refractivity contribution in [1.82, 2.24) is 5.32 Å². The lowest BCUT2D eigenvalue weighted by Crippen LogP contribution is -2.41. The second-order valence-corrected chi connectivity index (χ2v) is 5.16. The zero-order chi connectivity index (χ0) is 14.0. The number of amides is 1. The van der Waals surface area contributed by atoms with Gasteiger partial charge in [-0.3, -0.25) is 4.79 Å². The number of hydrogen-bond acceptors (Lipinski definition) is 4. The number of carbonyl (C=O) groups excluding carboxylic acids is 1. The standard InChI is InChI=1S/C13H16N2O3S/c14-12(19)7-3-1-4-8(7)15-13(18)11-9(16)5-2-6-10(11)17/h2,5-8,16-17H,1,3-4H2,(H2,14,19)(H,15,18). The molecule has 0 saturated heterocycles. The van der Waals surface area contributed by atoms with Crippen molar-refractivity contribution >= 4 is 23.1 Å². The summed E-state index contributed by atoms with van der Waals surface area (Å²) in [7, 11) is 0. The third kappa shape index (κ3) is 2.78. The van der Waals surface area contributed by atoms with Crippen molar-refractivity contribution in [2.45, 2.75) is 25.3 Å². The maximum Gasteiger partial charge on any atom is 0.259 e. The summed E-state index contributed by atoms with van der Waals surface area (Å²) in [6.07, 6.45) is 2.59. The molecule has 0 aliphatic heterocycles. The minimum atomic E-state index is -0.510. The van der Waals surface area contributed by atoms with Gasteiger partial charge in [-0.2, -0.15) is 0 Å². The minimum Gasteiger partial charge on any atom is -0.507 e. The highest BCUT2D eigenvalue weighted by atomic mass is 32.1. The largest absolute Gasteiger partial charge is 0.507 e. The molecule has 5 nitrogen and oxygen atoms in total. The van der Waals surface area contributed by atoms with Gasteiger partial charge in [-0.05, 0) is 25.0 Å². The van der Waals surface area contributed by atoms with E-state index in [9.17, 15) is 15.0 Å². The van der Waals surface area contributed by atoms with E-state index in [-0.39, 0.29) is 29.0 Å². The first-order valence-electron chi connectivity index (χ1n) is 6.12. The second-order valence-electron chi connectivity index (χ2n) is 4.69. The molecule has 0 aromatic heterocycles. The van der Waals surface area contributed by atoms with E-state index in [1.54, 1.807) is 0 Å². The Morgan fingerprint density at radius 2 is 1.95 bits per heavy atom. The lowest BCUT2D eigenvalue weighted by Gasteiger charge is -2.20. The number of benzene rings is 1. The van der Waals surface area contributed by atoms with Gasteiger partial charge in [0.15, 0.2) is 0 Å². The Morgan fingerprint density at radius 3 is 2.53 bits per heavy atom. The lowest BCUT2D eigenvalue weighted by molar-refractivity contribution is 0.0928. The summed E-state index contributed by atoms with van der Waals surface area (Å²) >= 11 is 4.98. The molecule has 1 aliphatic carbocycles. The Kier molecular flexibility index (Phi) is 3.90. The molecule has 1 fully saturated rings. The van der Waals surface area contributed by atoms with Crippen LogP contribution < -0.4 is 11.1 Å². The summed E-state index contributed by atoms with van der Waals surface area (Å²) in [6, 6.07) is 4.04. The van der Waals surface area contributed by atoms with Crippen molar-refractivity contribution in [2.75, 3.05) is 0 Å². The van der Waals surface area contributed by atoms with E-state index in [2.05, 4.69) is 5.32 Å². The van der Waals surface area contributed by atoms with Gasteiger partial charge in [-0.15, -0.1) is 0 Å². The first kappa shape index (κ1) is 13.6. The van der Waals surface area contributed by atoms with Crippen LogP contribution in [0, 0.1) is 5.92 Å². The van der Waals surface area contributed by atoms with Crippen LogP contribution in [0.4, 0.5) is 0 Å². The van der Waals surface area contributed by atoms with Gasteiger partial charge in [0.2, 0.25) is 0 Å². The Morgan fingerprint density at radius 1 is 1.32 bits per heavy atom. The molecule has 6 heteroatoms. The highest BCUT2D eigenvalue weighted by Crippen LogP contribution is 2.29. The first-order chi connectivity index (χ1) is 9.00. The van der Waals surface area contributed by atoms with Gasteiger partial charge in [-0.25, -0.2) is 0 Å². The summed E-state index contributed by atoms with van der Waals surface area (Å²) in [5.41, 5.74) is 5.53. The van der Waals surface area contributed by atoms with Crippen molar-refractivity contribution < 1.29 is 15.0 Å². The number of hydrogen-bond donors (Lipinski definition) is 4. The zero-order valence-electron chi connectivity index (χ0n) is 10.3.